The van der Waals surface area contributed by atoms with E-state index in [2.05, 4.69) is 10.6 Å². The average molecular weight is 587 g/mol. The van der Waals surface area contributed by atoms with Gasteiger partial charge in [0.15, 0.2) is 0 Å². The maximum Gasteiger partial charge on any atom is 0.332 e. The molecule has 2 N–H and O–H groups in total. The highest BCUT2D eigenvalue weighted by atomic mass is 35.5. The molecule has 2 radical (unpaired) electrons. The molecule has 4 atom stereocenters. The second-order valence-electron chi connectivity index (χ2n) is 10.4. The van der Waals surface area contributed by atoms with Crippen LogP contribution in [0.2, 0.25) is 5.02 Å². The Labute approximate surface area is 247 Å². The van der Waals surface area contributed by atoms with Gasteiger partial charge < -0.3 is 15.4 Å². The van der Waals surface area contributed by atoms with Gasteiger partial charge >= 0.3 is 6.04 Å². The first kappa shape index (κ1) is 27.3. The van der Waals surface area contributed by atoms with Crippen LogP contribution in [0.25, 0.3) is 0 Å². The first-order valence-corrected chi connectivity index (χ1v) is 13.7. The van der Waals surface area contributed by atoms with E-state index in [-0.39, 0.29) is 29.7 Å². The number of fused-ring (bicyclic) bond motifs is 2. The fraction of sp³-hybridized carbons (Fsp3) is 0.194. The number of piperidine rings is 1. The van der Waals surface area contributed by atoms with Crippen molar-refractivity contribution >= 4 is 60.0 Å². The summed E-state index contributed by atoms with van der Waals surface area (Å²) < 4.78 is 19.3. The third-order valence-electron chi connectivity index (χ3n) is 8.04. The van der Waals surface area contributed by atoms with Gasteiger partial charge in [-0.05, 0) is 72.4 Å². The number of ether oxygens (including phenoxy) is 1. The average Bonchev–Trinajstić information content (AvgIpc) is 3.22. The Morgan fingerprint density at radius 3 is 2.54 bits per heavy atom. The minimum absolute atomic E-state index is 0.0857. The van der Waals surface area contributed by atoms with Gasteiger partial charge in [-0.15, -0.1) is 0 Å². The van der Waals surface area contributed by atoms with Gasteiger partial charge in [-0.25, -0.2) is 0 Å². The van der Waals surface area contributed by atoms with Crippen LogP contribution in [-0.2, 0) is 15.0 Å². The predicted octanol–water partition coefficient (Wildman–Crippen LogP) is 5.80. The molecule has 1 fully saturated rings. The first-order valence-electron chi connectivity index (χ1n) is 13.0. The highest BCUT2D eigenvalue weighted by molar-refractivity contribution is 6.32. The molecule has 1 spiro atoms. The predicted molar refractivity (Wildman–Crippen MR) is 156 cm³/mol. The smallest absolute Gasteiger partial charge is 0.332 e. The zero-order chi connectivity index (χ0) is 28.9. The molecule has 1 unspecified atom stereocenters. The van der Waals surface area contributed by atoms with Crippen molar-refractivity contribution in [3.05, 3.63) is 106 Å². The number of allylic oxidation sites excluding steroid dienone is 4. The number of carbonyl (C=O) groups is 3. The van der Waals surface area contributed by atoms with Crippen LogP contribution >= 0.6 is 23.2 Å². The first-order chi connectivity index (χ1) is 19.7. The van der Waals surface area contributed by atoms with Gasteiger partial charge in [0.25, 0.3) is 0 Å². The maximum atomic E-state index is 14.3. The third-order valence-corrected chi connectivity index (χ3v) is 8.55. The molecule has 10 heteroatoms. The Balaban J connectivity index is 1.53. The minimum Gasteiger partial charge on any atom is -0.457 e. The van der Waals surface area contributed by atoms with Crippen molar-refractivity contribution < 1.29 is 23.5 Å². The van der Waals surface area contributed by atoms with Gasteiger partial charge in [-0.3, -0.25) is 14.4 Å². The Bertz CT molecular complexity index is 1660. The molecule has 204 valence electrons. The van der Waals surface area contributed by atoms with E-state index in [1.54, 1.807) is 36.4 Å². The summed E-state index contributed by atoms with van der Waals surface area (Å²) in [4.78, 5) is 38.8. The second kappa shape index (κ2) is 10.5. The van der Waals surface area contributed by atoms with E-state index in [4.69, 9.17) is 35.8 Å². The van der Waals surface area contributed by atoms with Crippen molar-refractivity contribution in [2.45, 2.75) is 24.3 Å². The van der Waals surface area contributed by atoms with Crippen LogP contribution in [0.5, 0.6) is 11.5 Å². The summed E-state index contributed by atoms with van der Waals surface area (Å²) in [5.41, 5.74) is 0.757. The Kier molecular flexibility index (Phi) is 7.00. The Hall–Kier alpha value is -3.88. The molecule has 3 aromatic rings. The van der Waals surface area contributed by atoms with Crippen LogP contribution in [0.1, 0.15) is 40.4 Å². The number of anilines is 1. The van der Waals surface area contributed by atoms with Crippen LogP contribution < -0.4 is 20.8 Å². The van der Waals surface area contributed by atoms with Crippen molar-refractivity contribution in [1.82, 2.24) is 5.32 Å². The molecule has 2 aliphatic heterocycles. The molecule has 0 bridgehead atoms. The van der Waals surface area contributed by atoms with Gasteiger partial charge in [0.05, 0.1) is 11.6 Å². The molecule has 3 aliphatic rings. The summed E-state index contributed by atoms with van der Waals surface area (Å²) in [6, 6.07) is 13.3. The summed E-state index contributed by atoms with van der Waals surface area (Å²) in [6.45, 7) is 0. The molecule has 1 aliphatic carbocycles. The van der Waals surface area contributed by atoms with Crippen LogP contribution in [0.15, 0.2) is 83.9 Å². The van der Waals surface area contributed by atoms with E-state index in [9.17, 15) is 18.8 Å². The van der Waals surface area contributed by atoms with E-state index >= 15 is 0 Å². The van der Waals surface area contributed by atoms with Gasteiger partial charge in [0.2, 0.25) is 11.8 Å². The molecule has 0 saturated carbocycles. The number of nitrogens with one attached hydrogen (secondary N) is 2. The lowest BCUT2D eigenvalue weighted by molar-refractivity contribution is -0.135. The van der Waals surface area contributed by atoms with E-state index in [0.29, 0.717) is 50.3 Å². The monoisotopic (exact) mass is 586 g/mol. The van der Waals surface area contributed by atoms with Gasteiger partial charge in [0, 0.05) is 27.7 Å². The summed E-state index contributed by atoms with van der Waals surface area (Å²) in [6.07, 6.45) is 6.20. The SMILES string of the molecule is [B]c1ccc(Oc2ccc(C(=O)F)cc2)c([C@H]2NC(=O)CC([C@@H]3C=CC=C(Cl)C3)[C@]23C(=O)Nc2cc(Cl)ccc23)c1. The van der Waals surface area contributed by atoms with Crippen LogP contribution in [-0.4, -0.2) is 25.7 Å². The molecule has 3 aromatic carbocycles. The quantitative estimate of drug-likeness (QED) is 0.292. The number of halogens is 3. The lowest BCUT2D eigenvalue weighted by Crippen LogP contribution is -2.59. The van der Waals surface area contributed by atoms with E-state index in [1.807, 2.05) is 18.2 Å². The highest BCUT2D eigenvalue weighted by Crippen LogP contribution is 2.58. The standard InChI is InChI=1S/C31H22BCl2FN2O4/c32-18-6-11-26(41-21-8-4-16(5-9-21)29(35)39)22(13-18)28-31(23-10-7-20(34)14-25(23)36-30(31)40)24(15-27(38)37-28)17-2-1-3-19(33)12-17/h1-11,13-14,17,24,28H,12,15H2,(H,36,40)(H,37,38)/t17-,24?,28-,31+/m1/s1. The molecule has 41 heavy (non-hydrogen) atoms. The second-order valence-corrected chi connectivity index (χ2v) is 11.3. The van der Waals surface area contributed by atoms with Crippen molar-refractivity contribution in [3.63, 3.8) is 0 Å². The van der Waals surface area contributed by atoms with Gasteiger partial charge in [0.1, 0.15) is 24.8 Å². The number of benzene rings is 3. The highest BCUT2D eigenvalue weighted by Gasteiger charge is 2.62. The number of amides is 2. The zero-order valence-corrected chi connectivity index (χ0v) is 23.0. The number of rotatable bonds is 5. The van der Waals surface area contributed by atoms with Gasteiger partial charge in [-0.1, -0.05) is 59.0 Å². The Morgan fingerprint density at radius 1 is 1.02 bits per heavy atom. The molecule has 1 saturated heterocycles. The molecular formula is C31H22BCl2FN2O4. The summed E-state index contributed by atoms with van der Waals surface area (Å²) in [5, 5.41) is 7.17. The fourth-order valence-corrected chi connectivity index (χ4v) is 6.73. The maximum absolute atomic E-state index is 14.3. The fourth-order valence-electron chi connectivity index (χ4n) is 6.31. The Morgan fingerprint density at radius 2 is 1.80 bits per heavy atom. The molecular weight excluding hydrogens is 565 g/mol. The van der Waals surface area contributed by atoms with E-state index < -0.39 is 23.4 Å². The third kappa shape index (κ3) is 4.75. The number of hydrogen-bond donors (Lipinski definition) is 2. The molecule has 6 rings (SSSR count). The molecule has 6 nitrogen and oxygen atoms in total. The lowest BCUT2D eigenvalue weighted by Gasteiger charge is -2.49. The molecule has 2 heterocycles. The van der Waals surface area contributed by atoms with E-state index in [0.717, 1.165) is 0 Å². The number of hydrogen-bond acceptors (Lipinski definition) is 4. The normalized spacial score (nSPS) is 24.9. The van der Waals surface area contributed by atoms with Crippen molar-refractivity contribution in [2.75, 3.05) is 5.32 Å². The number of carbonyl (C=O) groups excluding carboxylic acids is 3. The van der Waals surface area contributed by atoms with E-state index in [1.165, 1.54) is 24.3 Å². The summed E-state index contributed by atoms with van der Waals surface area (Å²) in [7, 11) is 6.25. The topological polar surface area (TPSA) is 84.5 Å². The zero-order valence-electron chi connectivity index (χ0n) is 21.5. The van der Waals surface area contributed by atoms with Crippen LogP contribution in [0, 0.1) is 11.8 Å². The van der Waals surface area contributed by atoms with Gasteiger partial charge in [-0.2, -0.15) is 4.39 Å². The van der Waals surface area contributed by atoms with Crippen molar-refractivity contribution in [2.24, 2.45) is 11.8 Å². The minimum atomic E-state index is -1.56. The van der Waals surface area contributed by atoms with Crippen molar-refractivity contribution in [1.29, 1.82) is 0 Å². The van der Waals surface area contributed by atoms with Crippen LogP contribution in [0.4, 0.5) is 10.1 Å². The lowest BCUT2D eigenvalue weighted by atomic mass is 9.56. The summed E-state index contributed by atoms with van der Waals surface area (Å²) in [5.74, 6) is -0.571. The molecule has 0 aromatic heterocycles. The van der Waals surface area contributed by atoms with Crippen LogP contribution in [0.3, 0.4) is 0 Å². The summed E-state index contributed by atoms with van der Waals surface area (Å²) >= 11 is 12.8. The largest absolute Gasteiger partial charge is 0.457 e. The van der Waals surface area contributed by atoms with Crippen molar-refractivity contribution in [3.8, 4) is 11.5 Å². The molecule has 2 amide bonds.